The van der Waals surface area contributed by atoms with Crippen LogP contribution in [0, 0.1) is 16.0 Å². The number of hydrogen-bond acceptors (Lipinski definition) is 4. The van der Waals surface area contributed by atoms with Crippen LogP contribution >= 0.6 is 0 Å². The highest BCUT2D eigenvalue weighted by Crippen LogP contribution is 2.43. The number of nitro groups is 1. The van der Waals surface area contributed by atoms with E-state index in [4.69, 9.17) is 10.5 Å². The number of rotatable bonds is 5. The molecule has 0 aromatic heterocycles. The largest absolute Gasteiger partial charge is 0.376 e. The summed E-state index contributed by atoms with van der Waals surface area (Å²) in [5.74, 6) is 0.652. The van der Waals surface area contributed by atoms with Gasteiger partial charge in [0.1, 0.15) is 0 Å². The molecule has 1 aliphatic carbocycles. The molecule has 0 radical (unpaired) electrons. The van der Waals surface area contributed by atoms with Gasteiger partial charge in [-0.3, -0.25) is 10.1 Å². The zero-order valence-corrected chi connectivity index (χ0v) is 11.5. The first-order valence-corrected chi connectivity index (χ1v) is 7.22. The summed E-state index contributed by atoms with van der Waals surface area (Å²) in [7, 11) is 0. The summed E-state index contributed by atoms with van der Waals surface area (Å²) in [5, 5.41) is 10.6. The maximum absolute atomic E-state index is 10.6. The van der Waals surface area contributed by atoms with Gasteiger partial charge in [0.25, 0.3) is 5.69 Å². The Hall–Kier alpha value is -1.46. The summed E-state index contributed by atoms with van der Waals surface area (Å²) in [5.41, 5.74) is 7.55. The lowest BCUT2D eigenvalue weighted by Crippen LogP contribution is -2.48. The number of hydrogen-bond donors (Lipinski definition) is 1. The average molecular weight is 276 g/mol. The topological polar surface area (TPSA) is 78.4 Å². The van der Waals surface area contributed by atoms with Gasteiger partial charge in [0.15, 0.2) is 0 Å². The molecule has 1 aliphatic heterocycles. The van der Waals surface area contributed by atoms with Gasteiger partial charge in [0.05, 0.1) is 11.0 Å². The fourth-order valence-corrected chi connectivity index (χ4v) is 3.12. The smallest absolute Gasteiger partial charge is 0.269 e. The first kappa shape index (κ1) is 13.5. The van der Waals surface area contributed by atoms with Crippen molar-refractivity contribution in [2.24, 2.45) is 11.7 Å². The van der Waals surface area contributed by atoms with Gasteiger partial charge in [-0.05, 0) is 43.6 Å². The van der Waals surface area contributed by atoms with Crippen LogP contribution in [0.2, 0.25) is 0 Å². The monoisotopic (exact) mass is 276 g/mol. The Bertz CT molecular complexity index is 498. The second kappa shape index (κ2) is 5.14. The fourth-order valence-electron chi connectivity index (χ4n) is 3.12. The van der Waals surface area contributed by atoms with E-state index in [0.29, 0.717) is 5.92 Å². The molecule has 0 spiro atoms. The Morgan fingerprint density at radius 2 is 2.05 bits per heavy atom. The van der Waals surface area contributed by atoms with Crippen molar-refractivity contribution in [3.8, 4) is 0 Å². The maximum Gasteiger partial charge on any atom is 0.269 e. The molecule has 2 unspecified atom stereocenters. The van der Waals surface area contributed by atoms with Crippen molar-refractivity contribution >= 4 is 5.69 Å². The van der Waals surface area contributed by atoms with Crippen molar-refractivity contribution in [1.82, 2.24) is 0 Å². The Morgan fingerprint density at radius 3 is 2.65 bits per heavy atom. The van der Waals surface area contributed by atoms with Crippen molar-refractivity contribution in [3.05, 3.63) is 39.9 Å². The standard InChI is InChI=1S/C15H20N2O3/c16-15(9-10-20-14(15)12-3-4-12)8-7-11-1-5-13(6-2-11)17(18)19/h1-2,5-6,12,14H,3-4,7-10,16H2. The minimum atomic E-state index is -0.373. The van der Waals surface area contributed by atoms with Crippen LogP contribution in [0.4, 0.5) is 5.69 Å². The van der Waals surface area contributed by atoms with Crippen LogP contribution in [0.25, 0.3) is 0 Å². The minimum Gasteiger partial charge on any atom is -0.376 e. The Balaban J connectivity index is 1.62. The van der Waals surface area contributed by atoms with Gasteiger partial charge in [0, 0.05) is 24.3 Å². The number of ether oxygens (including phenoxy) is 1. The molecule has 0 bridgehead atoms. The molecule has 2 N–H and O–H groups in total. The molecule has 5 nitrogen and oxygen atoms in total. The van der Waals surface area contributed by atoms with Crippen LogP contribution in [0.1, 0.15) is 31.2 Å². The van der Waals surface area contributed by atoms with Gasteiger partial charge in [-0.1, -0.05) is 12.1 Å². The fraction of sp³-hybridized carbons (Fsp3) is 0.600. The first-order chi connectivity index (χ1) is 9.58. The molecule has 1 heterocycles. The van der Waals surface area contributed by atoms with E-state index < -0.39 is 0 Å². The molecule has 1 saturated carbocycles. The second-order valence-electron chi connectivity index (χ2n) is 6.04. The maximum atomic E-state index is 10.6. The number of aryl methyl sites for hydroxylation is 1. The van der Waals surface area contributed by atoms with Crippen molar-refractivity contribution in [2.45, 2.75) is 43.7 Å². The second-order valence-corrected chi connectivity index (χ2v) is 6.04. The van der Waals surface area contributed by atoms with Crippen LogP contribution in [-0.2, 0) is 11.2 Å². The van der Waals surface area contributed by atoms with Crippen molar-refractivity contribution in [1.29, 1.82) is 0 Å². The van der Waals surface area contributed by atoms with E-state index in [2.05, 4.69) is 0 Å². The highest BCUT2D eigenvalue weighted by atomic mass is 16.6. The predicted molar refractivity (Wildman–Crippen MR) is 75.4 cm³/mol. The molecule has 1 saturated heterocycles. The van der Waals surface area contributed by atoms with E-state index in [0.717, 1.165) is 31.4 Å². The zero-order valence-electron chi connectivity index (χ0n) is 11.5. The van der Waals surface area contributed by atoms with Crippen molar-refractivity contribution < 1.29 is 9.66 Å². The number of benzene rings is 1. The highest BCUT2D eigenvalue weighted by Gasteiger charge is 2.48. The molecule has 2 fully saturated rings. The molecular weight excluding hydrogens is 256 g/mol. The molecular formula is C15H20N2O3. The van der Waals surface area contributed by atoms with E-state index in [9.17, 15) is 10.1 Å². The van der Waals surface area contributed by atoms with Crippen LogP contribution in [-0.4, -0.2) is 23.2 Å². The lowest BCUT2D eigenvalue weighted by atomic mass is 9.84. The Morgan fingerprint density at radius 1 is 1.35 bits per heavy atom. The summed E-state index contributed by atoms with van der Waals surface area (Å²) in [4.78, 5) is 10.3. The number of non-ortho nitro benzene ring substituents is 1. The molecule has 2 atom stereocenters. The number of nitro benzene ring substituents is 1. The molecule has 1 aromatic carbocycles. The molecule has 2 aliphatic rings. The zero-order chi connectivity index (χ0) is 14.2. The molecule has 108 valence electrons. The quantitative estimate of drug-likeness (QED) is 0.661. The molecule has 20 heavy (non-hydrogen) atoms. The van der Waals surface area contributed by atoms with Gasteiger partial charge in [-0.2, -0.15) is 0 Å². The van der Waals surface area contributed by atoms with E-state index in [1.54, 1.807) is 12.1 Å². The first-order valence-electron chi connectivity index (χ1n) is 7.22. The average Bonchev–Trinajstić information content (AvgIpc) is 3.20. The third-order valence-corrected chi connectivity index (χ3v) is 4.51. The van der Waals surface area contributed by atoms with Gasteiger partial charge in [0.2, 0.25) is 0 Å². The number of nitrogens with zero attached hydrogens (tertiary/aromatic N) is 1. The van der Waals surface area contributed by atoms with Crippen LogP contribution in [0.15, 0.2) is 24.3 Å². The lowest BCUT2D eigenvalue weighted by Gasteiger charge is -2.30. The summed E-state index contributed by atoms with van der Waals surface area (Å²) in [6.45, 7) is 0.762. The molecule has 3 rings (SSSR count). The molecule has 0 amide bonds. The number of nitrogens with two attached hydrogens (primary N) is 1. The summed E-state index contributed by atoms with van der Waals surface area (Å²) in [6, 6.07) is 6.76. The molecule has 1 aromatic rings. The van der Waals surface area contributed by atoms with E-state index >= 15 is 0 Å². The van der Waals surface area contributed by atoms with Gasteiger partial charge >= 0.3 is 0 Å². The van der Waals surface area contributed by atoms with Crippen molar-refractivity contribution in [2.75, 3.05) is 6.61 Å². The predicted octanol–water partition coefficient (Wildman–Crippen LogP) is 2.42. The van der Waals surface area contributed by atoms with Crippen LogP contribution < -0.4 is 5.73 Å². The van der Waals surface area contributed by atoms with Crippen LogP contribution in [0.3, 0.4) is 0 Å². The summed E-state index contributed by atoms with van der Waals surface area (Å²) < 4.78 is 5.82. The minimum absolute atomic E-state index is 0.135. The highest BCUT2D eigenvalue weighted by molar-refractivity contribution is 5.33. The van der Waals surface area contributed by atoms with E-state index in [-0.39, 0.29) is 22.3 Å². The SMILES string of the molecule is NC1(CCc2ccc([N+](=O)[O-])cc2)CCOC1C1CC1. The van der Waals surface area contributed by atoms with Crippen LogP contribution in [0.5, 0.6) is 0 Å². The van der Waals surface area contributed by atoms with Crippen molar-refractivity contribution in [3.63, 3.8) is 0 Å². The third-order valence-electron chi connectivity index (χ3n) is 4.51. The van der Waals surface area contributed by atoms with E-state index in [1.807, 2.05) is 12.1 Å². The Kier molecular flexibility index (Phi) is 3.48. The Labute approximate surface area is 118 Å². The normalized spacial score (nSPS) is 29.6. The van der Waals surface area contributed by atoms with Gasteiger partial charge < -0.3 is 10.5 Å². The van der Waals surface area contributed by atoms with Gasteiger partial charge in [-0.25, -0.2) is 0 Å². The van der Waals surface area contributed by atoms with Gasteiger partial charge in [-0.15, -0.1) is 0 Å². The van der Waals surface area contributed by atoms with E-state index in [1.165, 1.54) is 12.8 Å². The summed E-state index contributed by atoms with van der Waals surface area (Å²) >= 11 is 0. The lowest BCUT2D eigenvalue weighted by molar-refractivity contribution is -0.384. The molecule has 5 heteroatoms. The third kappa shape index (κ3) is 2.69. The summed E-state index contributed by atoms with van der Waals surface area (Å²) in [6.07, 6.45) is 5.33.